The van der Waals surface area contributed by atoms with E-state index in [1.54, 1.807) is 12.1 Å². The molecule has 0 amide bonds. The fourth-order valence-corrected chi connectivity index (χ4v) is 1.80. The largest absolute Gasteiger partial charge is 0.391 e. The molecule has 0 radical (unpaired) electrons. The lowest BCUT2D eigenvalue weighted by molar-refractivity contribution is 0.122. The van der Waals surface area contributed by atoms with E-state index in [0.717, 1.165) is 18.4 Å². The van der Waals surface area contributed by atoms with E-state index in [9.17, 15) is 5.11 Å². The van der Waals surface area contributed by atoms with Gasteiger partial charge in [0.1, 0.15) is 0 Å². The van der Waals surface area contributed by atoms with E-state index in [1.807, 2.05) is 12.1 Å². The number of nitriles is 1. The van der Waals surface area contributed by atoms with Crippen LogP contribution in [-0.4, -0.2) is 11.2 Å². The van der Waals surface area contributed by atoms with Crippen LogP contribution in [-0.2, 0) is 0 Å². The van der Waals surface area contributed by atoms with Crippen molar-refractivity contribution in [1.29, 1.82) is 5.26 Å². The monoisotopic (exact) mass is 202 g/mol. The van der Waals surface area contributed by atoms with Crippen molar-refractivity contribution < 1.29 is 5.11 Å². The zero-order valence-electron chi connectivity index (χ0n) is 8.43. The first-order chi connectivity index (χ1) is 7.24. The molecule has 0 aliphatic heterocycles. The van der Waals surface area contributed by atoms with Crippen molar-refractivity contribution in [2.24, 2.45) is 11.7 Å². The van der Waals surface area contributed by atoms with Gasteiger partial charge in [0, 0.05) is 0 Å². The van der Waals surface area contributed by atoms with Crippen LogP contribution in [0.4, 0.5) is 0 Å². The molecule has 1 aromatic rings. The van der Waals surface area contributed by atoms with Crippen molar-refractivity contribution in [3.63, 3.8) is 0 Å². The smallest absolute Gasteiger partial charge is 0.0995 e. The van der Waals surface area contributed by atoms with Crippen LogP contribution < -0.4 is 5.73 Å². The molecule has 1 saturated carbocycles. The molecule has 2 rings (SSSR count). The van der Waals surface area contributed by atoms with Crippen molar-refractivity contribution >= 4 is 0 Å². The van der Waals surface area contributed by atoms with E-state index in [2.05, 4.69) is 6.07 Å². The van der Waals surface area contributed by atoms with E-state index in [4.69, 9.17) is 11.0 Å². The first-order valence-corrected chi connectivity index (χ1v) is 5.16. The summed E-state index contributed by atoms with van der Waals surface area (Å²) in [7, 11) is 0. The molecule has 0 aromatic heterocycles. The second-order valence-electron chi connectivity index (χ2n) is 4.05. The number of hydrogen-bond donors (Lipinski definition) is 2. The van der Waals surface area contributed by atoms with E-state index < -0.39 is 12.1 Å². The van der Waals surface area contributed by atoms with Crippen molar-refractivity contribution in [2.45, 2.75) is 25.0 Å². The van der Waals surface area contributed by atoms with Gasteiger partial charge >= 0.3 is 0 Å². The molecule has 0 saturated heterocycles. The minimum atomic E-state index is -0.514. The summed E-state index contributed by atoms with van der Waals surface area (Å²) in [6.45, 7) is 0. The molecule has 78 valence electrons. The van der Waals surface area contributed by atoms with E-state index >= 15 is 0 Å². The lowest BCUT2D eigenvalue weighted by Crippen LogP contribution is -2.28. The first kappa shape index (κ1) is 10.2. The molecule has 1 aromatic carbocycles. The molecule has 0 bridgehead atoms. The molecule has 1 fully saturated rings. The Morgan fingerprint density at radius 3 is 2.67 bits per heavy atom. The summed E-state index contributed by atoms with van der Waals surface area (Å²) in [4.78, 5) is 0. The van der Waals surface area contributed by atoms with Gasteiger partial charge in [-0.15, -0.1) is 0 Å². The van der Waals surface area contributed by atoms with Crippen LogP contribution in [0.15, 0.2) is 24.3 Å². The maximum Gasteiger partial charge on any atom is 0.0995 e. The minimum absolute atomic E-state index is 0.326. The van der Waals surface area contributed by atoms with Crippen LogP contribution >= 0.6 is 0 Å². The topological polar surface area (TPSA) is 70.0 Å². The second-order valence-corrected chi connectivity index (χ2v) is 4.05. The number of benzene rings is 1. The number of aliphatic hydroxyl groups excluding tert-OH is 1. The molecular formula is C12H14N2O. The molecule has 3 heteroatoms. The van der Waals surface area contributed by atoms with Crippen LogP contribution in [0.5, 0.6) is 0 Å². The second kappa shape index (κ2) is 4.01. The summed E-state index contributed by atoms with van der Waals surface area (Å²) < 4.78 is 0. The van der Waals surface area contributed by atoms with Crippen LogP contribution in [0, 0.1) is 17.2 Å². The number of rotatable bonds is 3. The van der Waals surface area contributed by atoms with Crippen LogP contribution in [0.1, 0.15) is 30.0 Å². The Morgan fingerprint density at radius 2 is 2.07 bits per heavy atom. The Kier molecular flexibility index (Phi) is 2.72. The average Bonchev–Trinajstić information content (AvgIpc) is 3.11. The Bertz CT molecular complexity index is 393. The quantitative estimate of drug-likeness (QED) is 0.776. The molecule has 0 unspecified atom stereocenters. The predicted octanol–water partition coefficient (Wildman–Crippen LogP) is 1.33. The molecule has 1 aliphatic rings. The summed E-state index contributed by atoms with van der Waals surface area (Å²) in [5, 5.41) is 18.8. The standard InChI is InChI=1S/C12H14N2O/c13-7-9-3-1-2-4-10(9)11(14)12(15)8-5-6-8/h1-4,8,11-12,15H,5-6,14H2/t11-,12+/m0/s1. The normalized spacial score (nSPS) is 19.3. The highest BCUT2D eigenvalue weighted by molar-refractivity contribution is 5.39. The van der Waals surface area contributed by atoms with Gasteiger partial charge in [-0.2, -0.15) is 5.26 Å². The van der Waals surface area contributed by atoms with Gasteiger partial charge in [0.15, 0.2) is 0 Å². The molecule has 3 N–H and O–H groups in total. The van der Waals surface area contributed by atoms with Crippen molar-refractivity contribution in [1.82, 2.24) is 0 Å². The molecule has 0 heterocycles. The number of nitrogens with zero attached hydrogens (tertiary/aromatic N) is 1. The van der Waals surface area contributed by atoms with Crippen LogP contribution in [0.3, 0.4) is 0 Å². The van der Waals surface area contributed by atoms with Gasteiger partial charge < -0.3 is 10.8 Å². The minimum Gasteiger partial charge on any atom is -0.391 e. The van der Waals surface area contributed by atoms with Gasteiger partial charge in [-0.25, -0.2) is 0 Å². The SMILES string of the molecule is N#Cc1ccccc1[C@H](N)[C@H](O)C1CC1. The third-order valence-corrected chi connectivity index (χ3v) is 2.91. The van der Waals surface area contributed by atoms with Crippen LogP contribution in [0.25, 0.3) is 0 Å². The van der Waals surface area contributed by atoms with E-state index in [-0.39, 0.29) is 0 Å². The predicted molar refractivity (Wildman–Crippen MR) is 56.8 cm³/mol. The lowest BCUT2D eigenvalue weighted by Gasteiger charge is -2.19. The number of aliphatic hydroxyl groups is 1. The zero-order valence-corrected chi connectivity index (χ0v) is 8.43. The zero-order chi connectivity index (χ0) is 10.8. The highest BCUT2D eigenvalue weighted by Crippen LogP contribution is 2.37. The number of nitrogens with two attached hydrogens (primary N) is 1. The van der Waals surface area contributed by atoms with Crippen LogP contribution in [0.2, 0.25) is 0 Å². The first-order valence-electron chi connectivity index (χ1n) is 5.16. The Morgan fingerprint density at radius 1 is 1.40 bits per heavy atom. The third kappa shape index (κ3) is 2.01. The van der Waals surface area contributed by atoms with Crippen molar-refractivity contribution in [2.75, 3.05) is 0 Å². The maximum atomic E-state index is 9.90. The molecule has 15 heavy (non-hydrogen) atoms. The summed E-state index contributed by atoms with van der Waals surface area (Å²) in [5.74, 6) is 0.326. The summed E-state index contributed by atoms with van der Waals surface area (Å²) >= 11 is 0. The maximum absolute atomic E-state index is 9.90. The van der Waals surface area contributed by atoms with Gasteiger partial charge in [-0.1, -0.05) is 18.2 Å². The Labute approximate surface area is 89.1 Å². The molecule has 3 nitrogen and oxygen atoms in total. The fraction of sp³-hybridized carbons (Fsp3) is 0.417. The summed E-state index contributed by atoms with van der Waals surface area (Å²) in [5.41, 5.74) is 7.26. The van der Waals surface area contributed by atoms with Gasteiger partial charge in [0.25, 0.3) is 0 Å². The number of hydrogen-bond acceptors (Lipinski definition) is 3. The van der Waals surface area contributed by atoms with Gasteiger partial charge in [0.05, 0.1) is 23.8 Å². The third-order valence-electron chi connectivity index (χ3n) is 2.91. The van der Waals surface area contributed by atoms with Gasteiger partial charge in [-0.05, 0) is 30.4 Å². The molecular weight excluding hydrogens is 188 g/mol. The van der Waals surface area contributed by atoms with Gasteiger partial charge in [-0.3, -0.25) is 0 Å². The van der Waals surface area contributed by atoms with E-state index in [1.165, 1.54) is 0 Å². The highest BCUT2D eigenvalue weighted by Gasteiger charge is 2.34. The van der Waals surface area contributed by atoms with Gasteiger partial charge in [0.2, 0.25) is 0 Å². The Hall–Kier alpha value is -1.37. The summed E-state index contributed by atoms with van der Waals surface area (Å²) in [6, 6.07) is 8.85. The Balaban J connectivity index is 2.24. The lowest BCUT2D eigenvalue weighted by atomic mass is 9.95. The highest BCUT2D eigenvalue weighted by atomic mass is 16.3. The van der Waals surface area contributed by atoms with Crippen molar-refractivity contribution in [3.05, 3.63) is 35.4 Å². The molecule has 0 spiro atoms. The van der Waals surface area contributed by atoms with E-state index in [0.29, 0.717) is 11.5 Å². The summed E-state index contributed by atoms with van der Waals surface area (Å²) in [6.07, 6.45) is 1.58. The molecule has 2 atom stereocenters. The van der Waals surface area contributed by atoms with Crippen molar-refractivity contribution in [3.8, 4) is 6.07 Å². The molecule has 1 aliphatic carbocycles. The fourth-order valence-electron chi connectivity index (χ4n) is 1.80. The average molecular weight is 202 g/mol.